The Bertz CT molecular complexity index is 1150. The molecule has 36 heavy (non-hydrogen) atoms. The maximum absolute atomic E-state index is 12.3. The Morgan fingerprint density at radius 2 is 2.06 bits per heavy atom. The third-order valence-electron chi connectivity index (χ3n) is 5.16. The number of hydrogen-bond donors (Lipinski definition) is 3. The summed E-state index contributed by atoms with van der Waals surface area (Å²) >= 11 is 9.48. The molecule has 0 aliphatic carbocycles. The van der Waals surface area contributed by atoms with Crippen LogP contribution in [0.2, 0.25) is 5.02 Å². The van der Waals surface area contributed by atoms with Crippen LogP contribution in [0.25, 0.3) is 0 Å². The van der Waals surface area contributed by atoms with Gasteiger partial charge in [0.05, 0.1) is 23.9 Å². The fourth-order valence-corrected chi connectivity index (χ4v) is 4.02. The lowest BCUT2D eigenvalue weighted by Gasteiger charge is -2.13. The van der Waals surface area contributed by atoms with Crippen LogP contribution in [0.3, 0.4) is 0 Å². The Morgan fingerprint density at radius 1 is 1.25 bits per heavy atom. The van der Waals surface area contributed by atoms with Crippen LogP contribution in [-0.4, -0.2) is 56.9 Å². The third-order valence-corrected chi connectivity index (χ3v) is 6.15. The van der Waals surface area contributed by atoms with Gasteiger partial charge in [-0.3, -0.25) is 14.4 Å². The average molecular weight is 582 g/mol. The predicted octanol–water partition coefficient (Wildman–Crippen LogP) is 3.18. The van der Waals surface area contributed by atoms with Crippen molar-refractivity contribution in [3.8, 4) is 11.5 Å². The van der Waals surface area contributed by atoms with Crippen LogP contribution in [-0.2, 0) is 19.1 Å². The number of hydrazone groups is 1. The van der Waals surface area contributed by atoms with Crippen LogP contribution in [0.4, 0.5) is 5.69 Å². The Hall–Kier alpha value is -3.15. The summed E-state index contributed by atoms with van der Waals surface area (Å²) in [4.78, 5) is 36.1. The molecule has 0 spiro atoms. The van der Waals surface area contributed by atoms with Gasteiger partial charge in [0.1, 0.15) is 0 Å². The summed E-state index contributed by atoms with van der Waals surface area (Å²) in [5.41, 5.74) is 4.18. The van der Waals surface area contributed by atoms with Crippen LogP contribution in [0.1, 0.15) is 24.0 Å². The van der Waals surface area contributed by atoms with Gasteiger partial charge in [0.25, 0.3) is 5.91 Å². The molecular formula is C24H26BrClN4O6. The average Bonchev–Trinajstić information content (AvgIpc) is 3.37. The molecule has 1 fully saturated rings. The normalized spacial score (nSPS) is 14.9. The summed E-state index contributed by atoms with van der Waals surface area (Å²) in [6.45, 7) is 2.53. The van der Waals surface area contributed by atoms with Gasteiger partial charge in [-0.15, -0.1) is 0 Å². The lowest BCUT2D eigenvalue weighted by Crippen LogP contribution is -2.41. The number of carbonyl (C=O) groups excluding carboxylic acids is 3. The molecule has 2 aromatic carbocycles. The second-order valence-electron chi connectivity index (χ2n) is 7.88. The molecule has 1 aliphatic rings. The first-order valence-corrected chi connectivity index (χ1v) is 12.2. The van der Waals surface area contributed by atoms with Gasteiger partial charge in [0, 0.05) is 23.9 Å². The van der Waals surface area contributed by atoms with Gasteiger partial charge in [-0.25, -0.2) is 5.43 Å². The molecule has 192 valence electrons. The lowest BCUT2D eigenvalue weighted by molar-refractivity contribution is -0.139. The number of benzene rings is 2. The van der Waals surface area contributed by atoms with E-state index in [0.717, 1.165) is 18.4 Å². The minimum Gasteiger partial charge on any atom is -0.493 e. The second-order valence-corrected chi connectivity index (χ2v) is 9.14. The van der Waals surface area contributed by atoms with E-state index in [0.29, 0.717) is 38.9 Å². The highest BCUT2D eigenvalue weighted by molar-refractivity contribution is 9.10. The summed E-state index contributed by atoms with van der Waals surface area (Å²) in [5.74, 6) is -1.43. The van der Waals surface area contributed by atoms with Crippen molar-refractivity contribution >= 4 is 57.2 Å². The van der Waals surface area contributed by atoms with E-state index >= 15 is 0 Å². The van der Waals surface area contributed by atoms with Gasteiger partial charge in [-0.2, -0.15) is 5.10 Å². The van der Waals surface area contributed by atoms with E-state index < -0.39 is 11.8 Å². The summed E-state index contributed by atoms with van der Waals surface area (Å²) in [6.07, 6.45) is 3.07. The molecule has 0 aromatic heterocycles. The van der Waals surface area contributed by atoms with E-state index in [2.05, 4.69) is 37.1 Å². The molecule has 1 atom stereocenters. The first kappa shape index (κ1) is 27.4. The highest BCUT2D eigenvalue weighted by Crippen LogP contribution is 2.36. The minimum absolute atomic E-state index is 0.0667. The number of hydrogen-bond acceptors (Lipinski definition) is 7. The zero-order chi connectivity index (χ0) is 26.1. The van der Waals surface area contributed by atoms with Gasteiger partial charge < -0.3 is 24.8 Å². The molecule has 3 N–H and O–H groups in total. The van der Waals surface area contributed by atoms with E-state index in [1.807, 2.05) is 6.92 Å². The van der Waals surface area contributed by atoms with Crippen LogP contribution in [0, 0.1) is 6.92 Å². The number of rotatable bonds is 9. The topological polar surface area (TPSA) is 127 Å². The third kappa shape index (κ3) is 7.94. The van der Waals surface area contributed by atoms with Gasteiger partial charge >= 0.3 is 11.8 Å². The number of ether oxygens (including phenoxy) is 3. The number of anilines is 1. The van der Waals surface area contributed by atoms with Crippen LogP contribution in [0.15, 0.2) is 39.9 Å². The smallest absolute Gasteiger partial charge is 0.329 e. The molecule has 0 radical (unpaired) electrons. The zero-order valence-electron chi connectivity index (χ0n) is 19.7. The number of nitrogens with zero attached hydrogens (tertiary/aromatic N) is 1. The van der Waals surface area contributed by atoms with Crippen molar-refractivity contribution in [3.63, 3.8) is 0 Å². The van der Waals surface area contributed by atoms with Gasteiger partial charge in [0.2, 0.25) is 0 Å². The van der Waals surface area contributed by atoms with Crippen LogP contribution < -0.4 is 25.5 Å². The maximum Gasteiger partial charge on any atom is 0.329 e. The fourth-order valence-electron chi connectivity index (χ4n) is 3.27. The number of carbonyl (C=O) groups is 3. The standard InChI is InChI=1S/C24H26BrClN4O6/c1-14-5-6-16(10-19(14)26)29-21(31)13-36-22-18(25)8-15(9-20(22)34-2)11-28-30-24(33)23(32)27-12-17-4-3-7-35-17/h5-6,8-11,17H,3-4,7,12-13H2,1-2H3,(H,27,32)(H,29,31)(H,30,33)/b28-11-/t17-/m1/s1. The number of methoxy groups -OCH3 is 1. The van der Waals surface area contributed by atoms with Gasteiger partial charge in [-0.1, -0.05) is 17.7 Å². The van der Waals surface area contributed by atoms with Gasteiger partial charge in [-0.05, 0) is 71.1 Å². The highest BCUT2D eigenvalue weighted by Gasteiger charge is 2.19. The molecule has 12 heteroatoms. The molecule has 0 saturated carbocycles. The number of halogens is 2. The molecule has 3 rings (SSSR count). The summed E-state index contributed by atoms with van der Waals surface area (Å²) in [7, 11) is 1.45. The van der Waals surface area contributed by atoms with E-state index in [1.165, 1.54) is 13.3 Å². The van der Waals surface area contributed by atoms with Crippen LogP contribution >= 0.6 is 27.5 Å². The molecular weight excluding hydrogens is 556 g/mol. The quantitative estimate of drug-likeness (QED) is 0.237. The molecule has 0 bridgehead atoms. The minimum atomic E-state index is -0.892. The molecule has 1 saturated heterocycles. The largest absolute Gasteiger partial charge is 0.493 e. The molecule has 2 aromatic rings. The number of aryl methyl sites for hydroxylation is 1. The van der Waals surface area contributed by atoms with Crippen molar-refractivity contribution in [2.75, 3.05) is 32.2 Å². The summed E-state index contributed by atoms with van der Waals surface area (Å²) < 4.78 is 16.9. The molecule has 1 aliphatic heterocycles. The molecule has 3 amide bonds. The van der Waals surface area contributed by atoms with Crippen molar-refractivity contribution in [2.24, 2.45) is 5.10 Å². The van der Waals surface area contributed by atoms with E-state index in [1.54, 1.807) is 30.3 Å². The summed E-state index contributed by atoms with van der Waals surface area (Å²) in [6, 6.07) is 8.47. The summed E-state index contributed by atoms with van der Waals surface area (Å²) in [5, 5.41) is 9.59. The van der Waals surface area contributed by atoms with Crippen molar-refractivity contribution in [1.82, 2.24) is 10.7 Å². The molecule has 0 unspecified atom stereocenters. The second kappa shape index (κ2) is 13.2. The molecule has 1 heterocycles. The SMILES string of the molecule is COc1cc(/C=N\NC(=O)C(=O)NC[C@H]2CCCO2)cc(Br)c1OCC(=O)Nc1ccc(C)c(Cl)c1. The maximum atomic E-state index is 12.3. The van der Waals surface area contributed by atoms with Crippen molar-refractivity contribution in [2.45, 2.75) is 25.9 Å². The van der Waals surface area contributed by atoms with E-state index in [4.69, 9.17) is 25.8 Å². The number of nitrogens with one attached hydrogen (secondary N) is 3. The van der Waals surface area contributed by atoms with E-state index in [9.17, 15) is 14.4 Å². The van der Waals surface area contributed by atoms with Crippen LogP contribution in [0.5, 0.6) is 11.5 Å². The fraction of sp³-hybridized carbons (Fsp3) is 0.333. The first-order chi connectivity index (χ1) is 17.3. The molecule has 10 nitrogen and oxygen atoms in total. The monoisotopic (exact) mass is 580 g/mol. The van der Waals surface area contributed by atoms with Gasteiger partial charge in [0.15, 0.2) is 18.1 Å². The van der Waals surface area contributed by atoms with Crippen molar-refractivity contribution in [3.05, 3.63) is 51.0 Å². The Balaban J connectivity index is 1.53. The Labute approximate surface area is 221 Å². The Morgan fingerprint density at radius 3 is 2.75 bits per heavy atom. The highest BCUT2D eigenvalue weighted by atomic mass is 79.9. The predicted molar refractivity (Wildman–Crippen MR) is 139 cm³/mol. The lowest BCUT2D eigenvalue weighted by atomic mass is 10.2. The van der Waals surface area contributed by atoms with Crippen molar-refractivity contribution in [1.29, 1.82) is 0 Å². The van der Waals surface area contributed by atoms with E-state index in [-0.39, 0.29) is 25.2 Å². The van der Waals surface area contributed by atoms with Crippen molar-refractivity contribution < 1.29 is 28.6 Å². The zero-order valence-corrected chi connectivity index (χ0v) is 22.1. The Kier molecular flexibility index (Phi) is 10.1. The first-order valence-electron chi connectivity index (χ1n) is 11.1. The number of amides is 3.